The van der Waals surface area contributed by atoms with Crippen molar-refractivity contribution in [2.24, 2.45) is 10.3 Å². The molecule has 0 saturated heterocycles. The van der Waals surface area contributed by atoms with Crippen LogP contribution in [0.15, 0.2) is 120 Å². The molecule has 5 aliphatic heterocycles. The largest absolute Gasteiger partial charge is 0.501 e. The fourth-order valence-corrected chi connectivity index (χ4v) is 3.12. The molecule has 2 N–H and O–H groups in total. The molecular formula is C62H138N10O2S. The van der Waals surface area contributed by atoms with Crippen molar-refractivity contribution in [2.45, 2.75) is 254 Å². The van der Waals surface area contributed by atoms with Gasteiger partial charge in [-0.2, -0.15) is 15.3 Å². The molecule has 0 spiro atoms. The number of allylic oxidation sites excluding steroid dienone is 1. The van der Waals surface area contributed by atoms with Crippen LogP contribution in [0.2, 0.25) is 0 Å². The first-order valence-electron chi connectivity index (χ1n) is 29.9. The van der Waals surface area contributed by atoms with Crippen LogP contribution in [-0.2, 0) is 9.57 Å². The average Bonchev–Trinajstić information content (AvgIpc) is 4.45. The fraction of sp³-hybridized carbons (Fsp3) is 0.677. The molecule has 5 aliphatic rings. The molecular weight excluding hydrogens is 949 g/mol. The van der Waals surface area contributed by atoms with Gasteiger partial charge in [0.05, 0.1) is 12.9 Å². The van der Waals surface area contributed by atoms with E-state index in [4.69, 9.17) is 4.74 Å². The lowest BCUT2D eigenvalue weighted by Gasteiger charge is -1.79. The van der Waals surface area contributed by atoms with Gasteiger partial charge < -0.3 is 20.3 Å². The number of hydrogen-bond acceptors (Lipinski definition) is 13. The molecule has 0 fully saturated rings. The van der Waals surface area contributed by atoms with Crippen molar-refractivity contribution in [1.82, 2.24) is 40.9 Å². The Labute approximate surface area is 478 Å². The Balaban J connectivity index is -0.0000000353. The second-order valence-electron chi connectivity index (χ2n) is 7.84. The van der Waals surface area contributed by atoms with E-state index in [-0.39, 0.29) is 0 Å². The van der Waals surface area contributed by atoms with Crippen molar-refractivity contribution < 1.29 is 9.57 Å². The standard InChI is InChI=1S/3C4H4N2.C4H7N.C4H6O.C4H6S.C3H6N2.C3H5NO.16C2H6/c1-2-6-4-3-5-1;1-2-5-4-6-3-1;1-2-4-6-5-3-1;5*1-2-4-5-3-1;16*1-2/h3*1-4H;1,3,5H,2,4H2;2*1,3H,2,4H2;2,5H,1,3H2;2H,1,3H2;16*1-2H3. The van der Waals surface area contributed by atoms with E-state index in [1.807, 2.05) is 264 Å². The van der Waals surface area contributed by atoms with Gasteiger partial charge in [-0.1, -0.05) is 239 Å². The summed E-state index contributed by atoms with van der Waals surface area (Å²) in [5.74, 6) is 1.31. The van der Waals surface area contributed by atoms with E-state index in [9.17, 15) is 0 Å². The molecule has 0 aromatic carbocycles. The minimum atomic E-state index is 0.778. The number of oxime groups is 1. The highest BCUT2D eigenvalue weighted by Crippen LogP contribution is 2.11. The van der Waals surface area contributed by atoms with Crippen LogP contribution in [-0.4, -0.2) is 74.6 Å². The zero-order chi connectivity index (χ0) is 62.4. The second kappa shape index (κ2) is 220. The summed E-state index contributed by atoms with van der Waals surface area (Å²) in [7, 11) is 0. The maximum Gasteiger partial charge on any atom is 0.122 e. The number of aromatic nitrogens is 6. The molecule has 12 nitrogen and oxygen atoms in total. The van der Waals surface area contributed by atoms with E-state index in [0.29, 0.717) is 0 Å². The van der Waals surface area contributed by atoms with Gasteiger partial charge in [-0.3, -0.25) is 9.97 Å². The molecule has 8 rings (SSSR count). The molecule has 0 saturated carbocycles. The topological polar surface area (TPSA) is 145 Å². The number of thioether (sulfide) groups is 1. The predicted octanol–water partition coefficient (Wildman–Crippen LogP) is 21.3. The average molecular weight is 1090 g/mol. The molecule has 0 unspecified atom stereocenters. The normalized spacial score (nSPS) is 9.71. The predicted molar refractivity (Wildman–Crippen MR) is 356 cm³/mol. The quantitative estimate of drug-likeness (QED) is 0.222. The van der Waals surface area contributed by atoms with Crippen molar-refractivity contribution in [3.05, 3.63) is 110 Å². The van der Waals surface area contributed by atoms with Gasteiger partial charge in [0.1, 0.15) is 12.9 Å². The smallest absolute Gasteiger partial charge is 0.122 e. The van der Waals surface area contributed by atoms with Gasteiger partial charge in [0.25, 0.3) is 0 Å². The van der Waals surface area contributed by atoms with Crippen LogP contribution in [0.3, 0.4) is 0 Å². The zero-order valence-corrected chi connectivity index (χ0v) is 57.2. The number of ether oxygens (including phenoxy) is 1. The zero-order valence-electron chi connectivity index (χ0n) is 56.4. The van der Waals surface area contributed by atoms with Gasteiger partial charge >= 0.3 is 0 Å². The third kappa shape index (κ3) is 214. The molecule has 3 aromatic heterocycles. The molecule has 0 bridgehead atoms. The maximum absolute atomic E-state index is 4.76. The van der Waals surface area contributed by atoms with Crippen LogP contribution in [0.25, 0.3) is 0 Å². The Morgan fingerprint density at radius 1 is 0.387 bits per heavy atom. The second-order valence-corrected chi connectivity index (χ2v) is 8.85. The highest BCUT2D eigenvalue weighted by Gasteiger charge is 1.87. The fourth-order valence-electron chi connectivity index (χ4n) is 2.44. The van der Waals surface area contributed by atoms with Crippen LogP contribution in [0.1, 0.15) is 254 Å². The van der Waals surface area contributed by atoms with Crippen LogP contribution in [0, 0.1) is 0 Å². The molecule has 75 heavy (non-hydrogen) atoms. The Kier molecular flexibility index (Phi) is 336. The first kappa shape index (κ1) is 115. The number of nitrogens with one attached hydrogen (secondary N) is 2. The summed E-state index contributed by atoms with van der Waals surface area (Å²) in [4.78, 5) is 19.3. The molecule has 0 radical (unpaired) electrons. The number of nitrogens with zero attached hydrogens (tertiary/aromatic N) is 8. The molecule has 0 atom stereocenters. The van der Waals surface area contributed by atoms with Gasteiger partial charge in [-0.05, 0) is 48.7 Å². The van der Waals surface area contributed by atoms with Crippen molar-refractivity contribution in [2.75, 3.05) is 32.1 Å². The SMILES string of the molecule is C1=CNCC1.C1=COCC1.C1=CSCC1.C1=NNCC1.C1=NOCC1.CC.CC.CC.CC.CC.CC.CC.CC.CC.CC.CC.CC.CC.CC.CC.CC.c1ccnnc1.c1cnccn1.c1cncnc1. The van der Waals surface area contributed by atoms with Crippen molar-refractivity contribution in [1.29, 1.82) is 0 Å². The first-order valence-corrected chi connectivity index (χ1v) is 31.0. The Morgan fingerprint density at radius 3 is 0.947 bits per heavy atom. The van der Waals surface area contributed by atoms with E-state index in [2.05, 4.69) is 73.5 Å². The number of hydrogen-bond donors (Lipinski definition) is 2. The Bertz CT molecular complexity index is 810. The minimum absolute atomic E-state index is 0.778. The highest BCUT2D eigenvalue weighted by atomic mass is 32.2. The molecule has 0 amide bonds. The lowest BCUT2D eigenvalue weighted by molar-refractivity contribution is 0.174. The van der Waals surface area contributed by atoms with Gasteiger partial charge in [-0.15, -0.1) is 11.8 Å². The first-order chi connectivity index (χ1) is 37.5. The third-order valence-electron chi connectivity index (χ3n) is 4.37. The summed E-state index contributed by atoms with van der Waals surface area (Å²) in [6.45, 7) is 67.8. The van der Waals surface area contributed by atoms with E-state index in [1.54, 1.807) is 68.1 Å². The monoisotopic (exact) mass is 1090 g/mol. The number of rotatable bonds is 0. The van der Waals surface area contributed by atoms with Crippen LogP contribution >= 0.6 is 11.8 Å². The lowest BCUT2D eigenvalue weighted by Crippen LogP contribution is -1.96. The van der Waals surface area contributed by atoms with Gasteiger partial charge in [-0.25, -0.2) is 9.97 Å². The van der Waals surface area contributed by atoms with Crippen LogP contribution < -0.4 is 10.7 Å². The lowest BCUT2D eigenvalue weighted by atomic mass is 10.5. The summed E-state index contributed by atoms with van der Waals surface area (Å²) in [5, 5.41) is 19.4. The molecule has 3 aromatic rings. The van der Waals surface area contributed by atoms with Gasteiger partial charge in [0, 0.05) is 100 Å². The van der Waals surface area contributed by atoms with Crippen molar-refractivity contribution in [3.8, 4) is 0 Å². The minimum Gasteiger partial charge on any atom is -0.501 e. The van der Waals surface area contributed by atoms with Crippen LogP contribution in [0.4, 0.5) is 0 Å². The molecule has 13 heteroatoms. The summed E-state index contributed by atoms with van der Waals surface area (Å²) >= 11 is 1.89. The van der Waals surface area contributed by atoms with E-state index in [1.165, 1.54) is 24.9 Å². The van der Waals surface area contributed by atoms with Crippen molar-refractivity contribution >= 4 is 24.2 Å². The molecule has 0 aliphatic carbocycles. The van der Waals surface area contributed by atoms with E-state index in [0.717, 1.165) is 45.6 Å². The summed E-state index contributed by atoms with van der Waals surface area (Å²) in [6.07, 6.45) is 34.1. The Morgan fingerprint density at radius 2 is 0.840 bits per heavy atom. The van der Waals surface area contributed by atoms with Gasteiger partial charge in [0.15, 0.2) is 0 Å². The number of hydrazone groups is 1. The van der Waals surface area contributed by atoms with Crippen molar-refractivity contribution in [3.63, 3.8) is 0 Å². The summed E-state index contributed by atoms with van der Waals surface area (Å²) < 4.78 is 4.76. The molecule has 8 heterocycles. The van der Waals surface area contributed by atoms with Gasteiger partial charge in [0.2, 0.25) is 0 Å². The van der Waals surface area contributed by atoms with E-state index < -0.39 is 0 Å². The summed E-state index contributed by atoms with van der Waals surface area (Å²) in [6, 6.07) is 5.43. The molecule has 454 valence electrons. The van der Waals surface area contributed by atoms with Crippen LogP contribution in [0.5, 0.6) is 0 Å². The maximum atomic E-state index is 4.76. The summed E-state index contributed by atoms with van der Waals surface area (Å²) in [5.41, 5.74) is 2.79. The van der Waals surface area contributed by atoms with E-state index >= 15 is 0 Å². The third-order valence-corrected chi connectivity index (χ3v) is 5.23. The Hall–Kier alpha value is -4.65. The highest BCUT2D eigenvalue weighted by molar-refractivity contribution is 8.02.